The van der Waals surface area contributed by atoms with E-state index < -0.39 is 23.8 Å². The molecule has 14 nitrogen and oxygen atoms in total. The molecule has 0 spiro atoms. The minimum atomic E-state index is -0.582. The predicted octanol–water partition coefficient (Wildman–Crippen LogP) is 3.90. The number of hydrogen-bond donors (Lipinski definition) is 3. The number of allylic oxidation sites excluding steroid dienone is 2. The zero-order valence-corrected chi connectivity index (χ0v) is 33.6. The van der Waals surface area contributed by atoms with Gasteiger partial charge >= 0.3 is 6.09 Å². The molecule has 2 aliphatic rings. The van der Waals surface area contributed by atoms with E-state index in [2.05, 4.69) is 27.4 Å². The number of ether oxygens (including phenoxy) is 5. The Balaban J connectivity index is 1.79. The van der Waals surface area contributed by atoms with Gasteiger partial charge in [-0.3, -0.25) is 19.8 Å². The maximum absolute atomic E-state index is 13.7. The van der Waals surface area contributed by atoms with Crippen molar-refractivity contribution in [2.45, 2.75) is 97.1 Å². The molecule has 2 unspecified atom stereocenters. The number of carbonyl (C=O) groups is 3. The fraction of sp³-hybridized carbons (Fsp3) is 0.667. The molecule has 2 saturated heterocycles. The van der Waals surface area contributed by atoms with Gasteiger partial charge in [0, 0.05) is 65.5 Å². The average Bonchev–Trinajstić information content (AvgIpc) is 3.10. The minimum Gasteiger partial charge on any atom is -0.482 e. The van der Waals surface area contributed by atoms with Crippen LogP contribution in [0.4, 0.5) is 4.79 Å². The van der Waals surface area contributed by atoms with Crippen LogP contribution in [0.2, 0.25) is 0 Å². The first-order valence-corrected chi connectivity index (χ1v) is 18.7. The standard InChI is InChI=1S/C39H64N6O8/c1-12-15-31(43(10)11)33(25-44-17-18-45(27(3)24-44)38(48)53-39(5,6)7)52-32-22-26(2)29(23-30(32)36(46)41-9)37(47)42-35(40-8)28(4)49-20-21-51-34-16-13-14-19-50-34/h12,15,22-23,27-28,33-35,40H,1,13-14,16-21,24-25H2,2-11H3,(H,41,46)(H,42,47)/b31-15-/t27-,28-,33-,34?,35?/m1/s1. The summed E-state index contributed by atoms with van der Waals surface area (Å²) < 4.78 is 29.7. The Bertz CT molecular complexity index is 1410. The van der Waals surface area contributed by atoms with Crippen LogP contribution in [0, 0.1) is 6.92 Å². The molecule has 2 fully saturated rings. The molecular weight excluding hydrogens is 680 g/mol. The van der Waals surface area contributed by atoms with Gasteiger partial charge in [-0.2, -0.15) is 0 Å². The first-order valence-electron chi connectivity index (χ1n) is 18.7. The molecule has 0 radical (unpaired) electrons. The highest BCUT2D eigenvalue weighted by Gasteiger charge is 2.33. The zero-order valence-electron chi connectivity index (χ0n) is 33.6. The molecule has 53 heavy (non-hydrogen) atoms. The lowest BCUT2D eigenvalue weighted by Crippen LogP contribution is -2.56. The van der Waals surface area contributed by atoms with Gasteiger partial charge in [0.1, 0.15) is 17.5 Å². The Kier molecular flexibility index (Phi) is 17.1. The van der Waals surface area contributed by atoms with Crippen LogP contribution in [0.15, 0.2) is 36.6 Å². The summed E-state index contributed by atoms with van der Waals surface area (Å²) in [6.45, 7) is 18.8. The highest BCUT2D eigenvalue weighted by Crippen LogP contribution is 2.28. The Morgan fingerprint density at radius 1 is 1.09 bits per heavy atom. The van der Waals surface area contributed by atoms with Crippen molar-refractivity contribution in [3.63, 3.8) is 0 Å². The maximum Gasteiger partial charge on any atom is 0.410 e. The van der Waals surface area contributed by atoms with E-state index in [9.17, 15) is 14.4 Å². The highest BCUT2D eigenvalue weighted by atomic mass is 16.7. The van der Waals surface area contributed by atoms with Crippen molar-refractivity contribution in [1.82, 2.24) is 30.7 Å². The van der Waals surface area contributed by atoms with E-state index in [0.29, 0.717) is 62.9 Å². The van der Waals surface area contributed by atoms with Gasteiger partial charge in [0.05, 0.1) is 30.6 Å². The molecule has 14 heteroatoms. The van der Waals surface area contributed by atoms with Gasteiger partial charge in [-0.05, 0) is 91.6 Å². The van der Waals surface area contributed by atoms with Crippen LogP contribution < -0.4 is 20.7 Å². The molecule has 5 atom stereocenters. The zero-order chi connectivity index (χ0) is 39.3. The fourth-order valence-corrected chi connectivity index (χ4v) is 6.37. The number of benzene rings is 1. The van der Waals surface area contributed by atoms with Crippen LogP contribution >= 0.6 is 0 Å². The third-order valence-electron chi connectivity index (χ3n) is 9.18. The van der Waals surface area contributed by atoms with Crippen molar-refractivity contribution in [3.8, 4) is 5.75 Å². The van der Waals surface area contributed by atoms with Crippen molar-refractivity contribution in [1.29, 1.82) is 0 Å². The summed E-state index contributed by atoms with van der Waals surface area (Å²) in [5, 5.41) is 8.82. The predicted molar refractivity (Wildman–Crippen MR) is 205 cm³/mol. The summed E-state index contributed by atoms with van der Waals surface area (Å²) in [6.07, 6.45) is 4.67. The topological polar surface area (TPSA) is 143 Å². The van der Waals surface area contributed by atoms with Gasteiger partial charge in [-0.15, -0.1) is 0 Å². The third kappa shape index (κ3) is 13.3. The lowest BCUT2D eigenvalue weighted by atomic mass is 10.0. The molecule has 1 aromatic rings. The lowest BCUT2D eigenvalue weighted by molar-refractivity contribution is -0.171. The molecule has 0 aliphatic carbocycles. The van der Waals surface area contributed by atoms with Crippen LogP contribution in [0.25, 0.3) is 0 Å². The molecule has 3 rings (SSSR count). The van der Waals surface area contributed by atoms with Crippen molar-refractivity contribution >= 4 is 17.9 Å². The van der Waals surface area contributed by atoms with E-state index in [1.165, 1.54) is 7.05 Å². The molecule has 3 amide bonds. The fourth-order valence-electron chi connectivity index (χ4n) is 6.37. The molecular formula is C39H64N6O8. The summed E-state index contributed by atoms with van der Waals surface area (Å²) in [5.74, 6) is -0.422. The van der Waals surface area contributed by atoms with E-state index in [1.807, 2.05) is 66.6 Å². The molecule has 3 N–H and O–H groups in total. The van der Waals surface area contributed by atoms with Gasteiger partial charge < -0.3 is 44.1 Å². The number of carbonyl (C=O) groups excluding carboxylic acids is 3. The van der Waals surface area contributed by atoms with Gasteiger partial charge in [-0.25, -0.2) is 4.79 Å². The van der Waals surface area contributed by atoms with E-state index in [1.54, 1.807) is 30.2 Å². The monoisotopic (exact) mass is 744 g/mol. The lowest BCUT2D eigenvalue weighted by Gasteiger charge is -2.41. The van der Waals surface area contributed by atoms with Crippen LogP contribution in [0.5, 0.6) is 5.75 Å². The largest absolute Gasteiger partial charge is 0.482 e. The number of piperazine rings is 1. The Morgan fingerprint density at radius 3 is 2.42 bits per heavy atom. The molecule has 0 saturated carbocycles. The van der Waals surface area contributed by atoms with Gasteiger partial charge in [0.25, 0.3) is 11.8 Å². The van der Waals surface area contributed by atoms with E-state index in [4.69, 9.17) is 23.7 Å². The highest BCUT2D eigenvalue weighted by molar-refractivity contribution is 6.02. The van der Waals surface area contributed by atoms with E-state index in [0.717, 1.165) is 25.0 Å². The first-order chi connectivity index (χ1) is 25.1. The summed E-state index contributed by atoms with van der Waals surface area (Å²) in [4.78, 5) is 45.9. The third-order valence-corrected chi connectivity index (χ3v) is 9.18. The van der Waals surface area contributed by atoms with E-state index in [-0.39, 0.29) is 36.0 Å². The number of nitrogens with one attached hydrogen (secondary N) is 3. The molecule has 0 bridgehead atoms. The van der Waals surface area contributed by atoms with Crippen molar-refractivity contribution < 1.29 is 38.1 Å². The SMILES string of the molecule is C=C/C=C(/[C@@H](CN1CCN(C(=O)OC(C)(C)C)[C@H](C)C1)Oc1cc(C)c(C(=O)NC(NC)[C@@H](C)OCCOC2CCCCO2)cc1C(=O)NC)N(C)C. The average molecular weight is 745 g/mol. The normalized spacial score (nSPS) is 20.2. The summed E-state index contributed by atoms with van der Waals surface area (Å²) in [7, 11) is 7.13. The molecule has 1 aromatic carbocycles. The summed E-state index contributed by atoms with van der Waals surface area (Å²) >= 11 is 0. The van der Waals surface area contributed by atoms with E-state index >= 15 is 0 Å². The first kappa shape index (κ1) is 43.7. The second-order valence-electron chi connectivity index (χ2n) is 14.8. The number of amides is 3. The Labute approximate surface area is 316 Å². The van der Waals surface area contributed by atoms with Crippen LogP contribution in [-0.4, -0.2) is 143 Å². The van der Waals surface area contributed by atoms with Crippen LogP contribution in [0.3, 0.4) is 0 Å². The number of rotatable bonds is 17. The number of hydrogen-bond acceptors (Lipinski definition) is 11. The molecule has 298 valence electrons. The van der Waals surface area contributed by atoms with Crippen molar-refractivity contribution in [2.75, 3.05) is 74.2 Å². The minimum absolute atomic E-state index is 0.0917. The van der Waals surface area contributed by atoms with Gasteiger partial charge in [0.15, 0.2) is 12.4 Å². The van der Waals surface area contributed by atoms with Gasteiger partial charge in [-0.1, -0.05) is 12.7 Å². The maximum atomic E-state index is 13.7. The number of nitrogens with zero attached hydrogens (tertiary/aromatic N) is 3. The molecule has 2 aliphatic heterocycles. The molecule has 2 heterocycles. The molecule has 0 aromatic heterocycles. The Hall–Kier alpha value is -3.69. The quantitative estimate of drug-likeness (QED) is 0.122. The number of likely N-dealkylation sites (N-methyl/N-ethyl adjacent to an activating group) is 2. The summed E-state index contributed by atoms with van der Waals surface area (Å²) in [6, 6.07) is 3.21. The van der Waals surface area contributed by atoms with Crippen LogP contribution in [0.1, 0.15) is 80.2 Å². The van der Waals surface area contributed by atoms with Gasteiger partial charge in [0.2, 0.25) is 0 Å². The second-order valence-corrected chi connectivity index (χ2v) is 14.8. The smallest absolute Gasteiger partial charge is 0.410 e. The second kappa shape index (κ2) is 20.7. The summed E-state index contributed by atoms with van der Waals surface area (Å²) in [5.41, 5.74) is 1.44. The van der Waals surface area contributed by atoms with Crippen molar-refractivity contribution in [2.24, 2.45) is 0 Å². The number of aryl methyl sites for hydroxylation is 1. The van der Waals surface area contributed by atoms with Crippen molar-refractivity contribution in [3.05, 3.63) is 53.3 Å². The Morgan fingerprint density at radius 2 is 1.83 bits per heavy atom. The van der Waals surface area contributed by atoms with Crippen LogP contribution in [-0.2, 0) is 18.9 Å².